The SMILES string of the molecule is CC(=O)Nc1cn2nc(-c3cc(F)c(C)c(C(=O)O)c3)ccc2n1. The van der Waals surface area contributed by atoms with E-state index < -0.39 is 11.8 Å². The summed E-state index contributed by atoms with van der Waals surface area (Å²) in [6, 6.07) is 5.86. The highest BCUT2D eigenvalue weighted by molar-refractivity contribution is 5.91. The number of nitrogens with one attached hydrogen (secondary N) is 1. The second-order valence-corrected chi connectivity index (χ2v) is 5.26. The van der Waals surface area contributed by atoms with Crippen LogP contribution in [0.5, 0.6) is 0 Å². The fourth-order valence-corrected chi connectivity index (χ4v) is 2.33. The Kier molecular flexibility index (Phi) is 3.72. The molecule has 0 spiro atoms. The van der Waals surface area contributed by atoms with Gasteiger partial charge in [-0.1, -0.05) is 0 Å². The minimum atomic E-state index is -1.20. The summed E-state index contributed by atoms with van der Waals surface area (Å²) < 4.78 is 15.4. The van der Waals surface area contributed by atoms with Crippen LogP contribution in [-0.4, -0.2) is 31.6 Å². The predicted molar refractivity (Wildman–Crippen MR) is 84.4 cm³/mol. The summed E-state index contributed by atoms with van der Waals surface area (Å²) in [5, 5.41) is 16.0. The van der Waals surface area contributed by atoms with Gasteiger partial charge in [0, 0.05) is 12.5 Å². The van der Waals surface area contributed by atoms with Crippen molar-refractivity contribution in [2.75, 3.05) is 5.32 Å². The molecule has 0 radical (unpaired) electrons. The van der Waals surface area contributed by atoms with Crippen LogP contribution in [-0.2, 0) is 4.79 Å². The van der Waals surface area contributed by atoms with Gasteiger partial charge in [-0.15, -0.1) is 0 Å². The van der Waals surface area contributed by atoms with E-state index in [-0.39, 0.29) is 17.0 Å². The number of hydrogen-bond acceptors (Lipinski definition) is 4. The number of carbonyl (C=O) groups is 2. The first-order chi connectivity index (χ1) is 11.3. The van der Waals surface area contributed by atoms with E-state index in [0.717, 1.165) is 0 Å². The molecule has 0 aliphatic heterocycles. The van der Waals surface area contributed by atoms with Crippen molar-refractivity contribution in [2.24, 2.45) is 0 Å². The van der Waals surface area contributed by atoms with Crippen LogP contribution in [0.4, 0.5) is 10.2 Å². The number of imidazole rings is 1. The van der Waals surface area contributed by atoms with Gasteiger partial charge in [-0.3, -0.25) is 4.79 Å². The number of amides is 1. The van der Waals surface area contributed by atoms with Crippen molar-refractivity contribution in [3.63, 3.8) is 0 Å². The van der Waals surface area contributed by atoms with Gasteiger partial charge in [-0.25, -0.2) is 18.7 Å². The highest BCUT2D eigenvalue weighted by atomic mass is 19.1. The molecule has 0 saturated heterocycles. The van der Waals surface area contributed by atoms with Crippen LogP contribution in [0.3, 0.4) is 0 Å². The average Bonchev–Trinajstić information content (AvgIpc) is 2.89. The number of anilines is 1. The number of nitrogens with zero attached hydrogens (tertiary/aromatic N) is 3. The number of aromatic nitrogens is 3. The van der Waals surface area contributed by atoms with E-state index in [4.69, 9.17) is 0 Å². The molecule has 0 fully saturated rings. The van der Waals surface area contributed by atoms with Crippen molar-refractivity contribution in [1.82, 2.24) is 14.6 Å². The summed E-state index contributed by atoms with van der Waals surface area (Å²) >= 11 is 0. The molecule has 2 N–H and O–H groups in total. The van der Waals surface area contributed by atoms with Gasteiger partial charge in [-0.2, -0.15) is 5.10 Å². The second-order valence-electron chi connectivity index (χ2n) is 5.26. The molecule has 0 unspecified atom stereocenters. The van der Waals surface area contributed by atoms with Crippen molar-refractivity contribution < 1.29 is 19.1 Å². The Balaban J connectivity index is 2.09. The molecule has 122 valence electrons. The average molecular weight is 328 g/mol. The number of halogens is 1. The molecule has 2 heterocycles. The fraction of sp³-hybridized carbons (Fsp3) is 0.125. The van der Waals surface area contributed by atoms with E-state index in [9.17, 15) is 19.1 Å². The van der Waals surface area contributed by atoms with Crippen LogP contribution < -0.4 is 5.32 Å². The molecule has 0 aliphatic rings. The van der Waals surface area contributed by atoms with Gasteiger partial charge in [0.05, 0.1) is 17.5 Å². The van der Waals surface area contributed by atoms with Crippen molar-refractivity contribution >= 4 is 23.3 Å². The van der Waals surface area contributed by atoms with Crippen molar-refractivity contribution in [3.8, 4) is 11.3 Å². The largest absolute Gasteiger partial charge is 0.478 e. The van der Waals surface area contributed by atoms with Crippen LogP contribution in [0.1, 0.15) is 22.8 Å². The minimum Gasteiger partial charge on any atom is -0.478 e. The first kappa shape index (κ1) is 15.6. The maximum absolute atomic E-state index is 14.0. The maximum atomic E-state index is 14.0. The maximum Gasteiger partial charge on any atom is 0.336 e. The molecule has 0 bridgehead atoms. The molecule has 0 atom stereocenters. The van der Waals surface area contributed by atoms with Crippen LogP contribution in [0.25, 0.3) is 16.9 Å². The lowest BCUT2D eigenvalue weighted by Crippen LogP contribution is -2.05. The van der Waals surface area contributed by atoms with Crippen LogP contribution in [0, 0.1) is 12.7 Å². The number of fused-ring (bicyclic) bond motifs is 1. The summed E-state index contributed by atoms with van der Waals surface area (Å²) in [5.74, 6) is -1.74. The lowest BCUT2D eigenvalue weighted by Gasteiger charge is -2.07. The molecule has 1 aromatic carbocycles. The molecule has 3 aromatic rings. The van der Waals surface area contributed by atoms with E-state index in [2.05, 4.69) is 15.4 Å². The zero-order chi connectivity index (χ0) is 17.4. The molecule has 7 nitrogen and oxygen atoms in total. The number of rotatable bonds is 3. The standard InChI is InChI=1S/C16H13FN4O3/c1-8-11(16(23)24)5-10(6-12(8)17)13-3-4-15-19-14(18-9(2)22)7-21(15)20-13/h3-7H,1-2H3,(H,18,22)(H,23,24). The molecule has 0 aliphatic carbocycles. The molecule has 0 saturated carbocycles. The molecule has 8 heteroatoms. The lowest BCUT2D eigenvalue weighted by atomic mass is 10.0. The van der Waals surface area contributed by atoms with E-state index in [0.29, 0.717) is 22.7 Å². The fourth-order valence-electron chi connectivity index (χ4n) is 2.33. The monoisotopic (exact) mass is 328 g/mol. The Morgan fingerprint density at radius 3 is 2.71 bits per heavy atom. The number of carbonyl (C=O) groups excluding carboxylic acids is 1. The lowest BCUT2D eigenvalue weighted by molar-refractivity contribution is -0.114. The number of carboxylic acid groups (broad SMARTS) is 1. The van der Waals surface area contributed by atoms with Gasteiger partial charge in [0.15, 0.2) is 11.5 Å². The van der Waals surface area contributed by atoms with Crippen LogP contribution >= 0.6 is 0 Å². The first-order valence-electron chi connectivity index (χ1n) is 7.03. The van der Waals surface area contributed by atoms with Gasteiger partial charge in [0.2, 0.25) is 5.91 Å². The topological polar surface area (TPSA) is 96.6 Å². The molecule has 3 rings (SSSR count). The first-order valence-corrected chi connectivity index (χ1v) is 7.03. The molecule has 1 amide bonds. The molecular weight excluding hydrogens is 315 g/mol. The third kappa shape index (κ3) is 2.81. The highest BCUT2D eigenvalue weighted by Gasteiger charge is 2.15. The van der Waals surface area contributed by atoms with Gasteiger partial charge < -0.3 is 10.4 Å². The Morgan fingerprint density at radius 2 is 2.04 bits per heavy atom. The van der Waals surface area contributed by atoms with Crippen LogP contribution in [0.15, 0.2) is 30.5 Å². The van der Waals surface area contributed by atoms with Gasteiger partial charge >= 0.3 is 5.97 Å². The Morgan fingerprint density at radius 1 is 1.29 bits per heavy atom. The Bertz CT molecular complexity index is 981. The number of benzene rings is 1. The third-order valence-corrected chi connectivity index (χ3v) is 3.49. The summed E-state index contributed by atoms with van der Waals surface area (Å²) in [4.78, 5) is 26.5. The van der Waals surface area contributed by atoms with Gasteiger partial charge in [0.1, 0.15) is 5.82 Å². The van der Waals surface area contributed by atoms with Crippen LogP contribution in [0.2, 0.25) is 0 Å². The predicted octanol–water partition coefficient (Wildman–Crippen LogP) is 2.50. The zero-order valence-electron chi connectivity index (χ0n) is 12.9. The Labute approximate surface area is 135 Å². The van der Waals surface area contributed by atoms with E-state index >= 15 is 0 Å². The van der Waals surface area contributed by atoms with Gasteiger partial charge in [0.25, 0.3) is 0 Å². The van der Waals surface area contributed by atoms with E-state index in [1.807, 2.05) is 0 Å². The van der Waals surface area contributed by atoms with Crippen molar-refractivity contribution in [3.05, 3.63) is 47.4 Å². The van der Waals surface area contributed by atoms with Gasteiger partial charge in [-0.05, 0) is 36.8 Å². The van der Waals surface area contributed by atoms with E-state index in [1.54, 1.807) is 12.1 Å². The summed E-state index contributed by atoms with van der Waals surface area (Å²) in [6.07, 6.45) is 1.52. The minimum absolute atomic E-state index is 0.0721. The second kappa shape index (κ2) is 5.73. The Hall–Kier alpha value is -3.29. The van der Waals surface area contributed by atoms with Crippen molar-refractivity contribution in [2.45, 2.75) is 13.8 Å². The molecule has 24 heavy (non-hydrogen) atoms. The summed E-state index contributed by atoms with van der Waals surface area (Å²) in [5.41, 5.74) is 1.18. The third-order valence-electron chi connectivity index (χ3n) is 3.49. The highest BCUT2D eigenvalue weighted by Crippen LogP contribution is 2.24. The zero-order valence-corrected chi connectivity index (χ0v) is 12.9. The van der Waals surface area contributed by atoms with E-state index in [1.165, 1.54) is 36.7 Å². The number of carboxylic acids is 1. The summed E-state index contributed by atoms with van der Waals surface area (Å²) in [6.45, 7) is 2.78. The molecule has 2 aromatic heterocycles. The quantitative estimate of drug-likeness (QED) is 0.770. The normalized spacial score (nSPS) is 10.8. The number of hydrogen-bond donors (Lipinski definition) is 2. The van der Waals surface area contributed by atoms with Crippen molar-refractivity contribution in [1.29, 1.82) is 0 Å². The summed E-state index contributed by atoms with van der Waals surface area (Å²) in [7, 11) is 0. The molecular formula is C16H13FN4O3. The smallest absolute Gasteiger partial charge is 0.336 e. The number of aromatic carboxylic acids is 1.